The number of nitrogens with zero attached hydrogens (tertiary/aromatic N) is 1. The summed E-state index contributed by atoms with van der Waals surface area (Å²) in [4.78, 5) is 38.9. The first kappa shape index (κ1) is 23.0. The number of hydrogen-bond donors (Lipinski definition) is 1. The van der Waals surface area contributed by atoms with Gasteiger partial charge in [0.1, 0.15) is 29.5 Å². The normalized spacial score (nSPS) is 14.9. The van der Waals surface area contributed by atoms with Crippen molar-refractivity contribution in [3.05, 3.63) is 94.3 Å². The third-order valence-corrected chi connectivity index (χ3v) is 5.32. The monoisotopic (exact) mass is 480 g/mol. The quantitative estimate of drug-likeness (QED) is 0.407. The number of halogens is 2. The number of ether oxygens (including phenoxy) is 2. The Hall–Kier alpha value is -4.17. The molecule has 0 spiro atoms. The molecule has 4 rings (SSSR count). The van der Waals surface area contributed by atoms with Gasteiger partial charge < -0.3 is 9.47 Å². The van der Waals surface area contributed by atoms with E-state index >= 15 is 0 Å². The van der Waals surface area contributed by atoms with Crippen molar-refractivity contribution in [3.63, 3.8) is 0 Å². The second-order valence-corrected chi connectivity index (χ2v) is 7.64. The number of nitrogens with one attached hydrogen (secondary N) is 1. The van der Waals surface area contributed by atoms with Crippen molar-refractivity contribution >= 4 is 41.2 Å². The van der Waals surface area contributed by atoms with Gasteiger partial charge in [-0.3, -0.25) is 14.9 Å². The maximum Gasteiger partial charge on any atom is 0.335 e. The van der Waals surface area contributed by atoms with Crippen LogP contribution >= 0.6 is 11.6 Å². The van der Waals surface area contributed by atoms with Gasteiger partial charge in [0.25, 0.3) is 11.8 Å². The van der Waals surface area contributed by atoms with Crippen LogP contribution in [-0.4, -0.2) is 25.0 Å². The predicted molar refractivity (Wildman–Crippen MR) is 124 cm³/mol. The SMILES string of the molecule is COc1ccc(/C=C2\C(=O)NC(=O)N(c3ccccc3Cl)C2=O)c(OCc2cccc(F)c2)c1. The van der Waals surface area contributed by atoms with Crippen LogP contribution in [0.5, 0.6) is 11.5 Å². The van der Waals surface area contributed by atoms with Crippen LogP contribution in [0.25, 0.3) is 6.08 Å². The number of urea groups is 1. The summed E-state index contributed by atoms with van der Waals surface area (Å²) in [5.74, 6) is -1.33. The molecular weight excluding hydrogens is 463 g/mol. The molecular formula is C25H18ClFN2O5. The van der Waals surface area contributed by atoms with Crippen molar-refractivity contribution in [2.45, 2.75) is 6.61 Å². The molecule has 1 aliphatic rings. The Morgan fingerprint density at radius 2 is 1.82 bits per heavy atom. The van der Waals surface area contributed by atoms with Gasteiger partial charge in [-0.25, -0.2) is 14.1 Å². The minimum atomic E-state index is -0.905. The fourth-order valence-corrected chi connectivity index (χ4v) is 3.56. The third kappa shape index (κ3) is 4.77. The third-order valence-electron chi connectivity index (χ3n) is 5.00. The molecule has 0 aliphatic carbocycles. The van der Waals surface area contributed by atoms with Gasteiger partial charge in [0.2, 0.25) is 0 Å². The van der Waals surface area contributed by atoms with Crippen LogP contribution in [0.1, 0.15) is 11.1 Å². The molecule has 0 saturated carbocycles. The number of methoxy groups -OCH3 is 1. The minimum Gasteiger partial charge on any atom is -0.497 e. The van der Waals surface area contributed by atoms with Gasteiger partial charge >= 0.3 is 6.03 Å². The van der Waals surface area contributed by atoms with Gasteiger partial charge in [0.15, 0.2) is 0 Å². The molecule has 34 heavy (non-hydrogen) atoms. The molecule has 0 radical (unpaired) electrons. The molecule has 0 bridgehead atoms. The van der Waals surface area contributed by atoms with Gasteiger partial charge in [-0.15, -0.1) is 0 Å². The van der Waals surface area contributed by atoms with Crippen LogP contribution in [0.15, 0.2) is 72.3 Å². The van der Waals surface area contributed by atoms with Crippen LogP contribution < -0.4 is 19.7 Å². The number of anilines is 1. The number of imide groups is 2. The molecule has 3 aromatic rings. The first-order valence-corrected chi connectivity index (χ1v) is 10.5. The molecule has 0 unspecified atom stereocenters. The number of benzene rings is 3. The lowest BCUT2D eigenvalue weighted by molar-refractivity contribution is -0.122. The van der Waals surface area contributed by atoms with Gasteiger partial charge in [-0.1, -0.05) is 35.9 Å². The fraction of sp³-hybridized carbons (Fsp3) is 0.0800. The number of rotatable bonds is 6. The van der Waals surface area contributed by atoms with Gasteiger partial charge in [0, 0.05) is 11.6 Å². The number of amides is 4. The minimum absolute atomic E-state index is 0.0332. The number of carbonyl (C=O) groups is 3. The Labute approximate surface area is 199 Å². The maximum absolute atomic E-state index is 13.5. The van der Waals surface area contributed by atoms with Crippen molar-refractivity contribution in [1.82, 2.24) is 5.32 Å². The summed E-state index contributed by atoms with van der Waals surface area (Å²) in [6.45, 7) is 0.0332. The number of carbonyl (C=O) groups excluding carboxylic acids is 3. The molecule has 4 amide bonds. The zero-order chi connectivity index (χ0) is 24.2. The lowest BCUT2D eigenvalue weighted by Gasteiger charge is -2.27. The Morgan fingerprint density at radius 3 is 2.56 bits per heavy atom. The second-order valence-electron chi connectivity index (χ2n) is 7.23. The van der Waals surface area contributed by atoms with Gasteiger partial charge in [0.05, 0.1) is 17.8 Å². The van der Waals surface area contributed by atoms with Crippen molar-refractivity contribution < 1.29 is 28.2 Å². The average molecular weight is 481 g/mol. The summed E-state index contributed by atoms with van der Waals surface area (Å²) >= 11 is 6.16. The fourth-order valence-electron chi connectivity index (χ4n) is 3.34. The molecule has 172 valence electrons. The van der Waals surface area contributed by atoms with Crippen molar-refractivity contribution in [1.29, 1.82) is 0 Å². The van der Waals surface area contributed by atoms with Crippen LogP contribution in [0.4, 0.5) is 14.9 Å². The summed E-state index contributed by atoms with van der Waals surface area (Å²) in [6, 6.07) is 16.1. The summed E-state index contributed by atoms with van der Waals surface area (Å²) < 4.78 is 24.6. The Morgan fingerprint density at radius 1 is 1.03 bits per heavy atom. The van der Waals surface area contributed by atoms with Gasteiger partial charge in [-0.05, 0) is 48.0 Å². The molecule has 1 fully saturated rings. The Bertz CT molecular complexity index is 1320. The molecule has 1 heterocycles. The lowest BCUT2D eigenvalue weighted by Crippen LogP contribution is -2.54. The number of barbiturate groups is 1. The van der Waals surface area contributed by atoms with E-state index < -0.39 is 23.7 Å². The summed E-state index contributed by atoms with van der Waals surface area (Å²) in [6.07, 6.45) is 1.31. The Balaban J connectivity index is 1.70. The zero-order valence-corrected chi connectivity index (χ0v) is 18.6. The maximum atomic E-state index is 13.5. The van der Waals surface area contributed by atoms with E-state index in [9.17, 15) is 18.8 Å². The molecule has 3 aromatic carbocycles. The van der Waals surface area contributed by atoms with E-state index in [2.05, 4.69) is 5.32 Å². The topological polar surface area (TPSA) is 84.9 Å². The highest BCUT2D eigenvalue weighted by Crippen LogP contribution is 2.31. The van der Waals surface area contributed by atoms with Crippen LogP contribution in [0.3, 0.4) is 0 Å². The molecule has 1 aliphatic heterocycles. The van der Waals surface area contributed by atoms with Crippen LogP contribution in [0, 0.1) is 5.82 Å². The van der Waals surface area contributed by atoms with Gasteiger partial charge in [-0.2, -0.15) is 0 Å². The molecule has 1 N–H and O–H groups in total. The summed E-state index contributed by atoms with van der Waals surface area (Å²) in [7, 11) is 1.48. The van der Waals surface area contributed by atoms with Crippen molar-refractivity contribution in [3.8, 4) is 11.5 Å². The molecule has 9 heteroatoms. The number of hydrogen-bond acceptors (Lipinski definition) is 5. The van der Waals surface area contributed by atoms with Crippen LogP contribution in [-0.2, 0) is 16.2 Å². The van der Waals surface area contributed by atoms with E-state index in [0.717, 1.165) is 4.90 Å². The van der Waals surface area contributed by atoms with E-state index in [4.69, 9.17) is 21.1 Å². The van der Waals surface area contributed by atoms with E-state index in [1.165, 1.54) is 37.5 Å². The second kappa shape index (κ2) is 9.76. The van der Waals surface area contributed by atoms with Crippen molar-refractivity contribution in [2.24, 2.45) is 0 Å². The highest BCUT2D eigenvalue weighted by Gasteiger charge is 2.37. The predicted octanol–water partition coefficient (Wildman–Crippen LogP) is 4.73. The first-order valence-electron chi connectivity index (χ1n) is 10.1. The highest BCUT2D eigenvalue weighted by atomic mass is 35.5. The van der Waals surface area contributed by atoms with E-state index in [-0.39, 0.29) is 28.6 Å². The molecule has 0 aromatic heterocycles. The average Bonchev–Trinajstić information content (AvgIpc) is 2.82. The van der Waals surface area contributed by atoms with E-state index in [1.54, 1.807) is 42.5 Å². The largest absolute Gasteiger partial charge is 0.497 e. The zero-order valence-electron chi connectivity index (χ0n) is 17.9. The molecule has 7 nitrogen and oxygen atoms in total. The highest BCUT2D eigenvalue weighted by molar-refractivity contribution is 6.42. The summed E-state index contributed by atoms with van der Waals surface area (Å²) in [5, 5.41) is 2.32. The standard InChI is InChI=1S/C25H18ClFN2O5/c1-33-18-10-9-16(22(13-18)34-14-15-5-4-6-17(27)11-15)12-19-23(30)28-25(32)29(24(19)31)21-8-3-2-7-20(21)26/h2-13H,14H2,1H3,(H,28,30,32)/b19-12+. The summed E-state index contributed by atoms with van der Waals surface area (Å²) in [5.41, 5.74) is 0.815. The lowest BCUT2D eigenvalue weighted by atomic mass is 10.1. The van der Waals surface area contributed by atoms with E-state index in [1.807, 2.05) is 0 Å². The smallest absolute Gasteiger partial charge is 0.335 e. The molecule has 1 saturated heterocycles. The molecule has 0 atom stereocenters. The number of para-hydroxylation sites is 1. The van der Waals surface area contributed by atoms with E-state index in [0.29, 0.717) is 16.9 Å². The first-order chi connectivity index (χ1) is 16.4. The Kier molecular flexibility index (Phi) is 6.60. The van der Waals surface area contributed by atoms with Crippen molar-refractivity contribution in [2.75, 3.05) is 12.0 Å². The van der Waals surface area contributed by atoms with Crippen LogP contribution in [0.2, 0.25) is 5.02 Å².